The van der Waals surface area contributed by atoms with Crippen LogP contribution in [0.3, 0.4) is 0 Å². The molecule has 0 saturated carbocycles. The predicted octanol–water partition coefficient (Wildman–Crippen LogP) is 1.45. The van der Waals surface area contributed by atoms with Crippen molar-refractivity contribution in [1.29, 1.82) is 0 Å². The minimum absolute atomic E-state index is 0.0339. The van der Waals surface area contributed by atoms with Gasteiger partial charge >= 0.3 is 17.9 Å². The molecule has 0 bridgehead atoms. The van der Waals surface area contributed by atoms with E-state index < -0.39 is 23.8 Å². The van der Waals surface area contributed by atoms with E-state index in [1.807, 2.05) is 6.92 Å². The van der Waals surface area contributed by atoms with Gasteiger partial charge in [0.2, 0.25) is 0 Å². The topological polar surface area (TPSA) is 69.7 Å². The summed E-state index contributed by atoms with van der Waals surface area (Å²) in [6, 6.07) is 0. The average Bonchev–Trinajstić information content (AvgIpc) is 2.16. The van der Waals surface area contributed by atoms with Gasteiger partial charge in [-0.25, -0.2) is 0 Å². The maximum Gasteiger partial charge on any atom is 0.317 e. The Balaban J connectivity index is 4.30. The van der Waals surface area contributed by atoms with Crippen molar-refractivity contribution in [3.05, 3.63) is 0 Å². The van der Waals surface area contributed by atoms with E-state index in [0.717, 1.165) is 13.3 Å². The number of carbonyl (C=O) groups excluding carboxylic acids is 3. The highest BCUT2D eigenvalue weighted by Crippen LogP contribution is 2.14. The maximum atomic E-state index is 11.4. The Labute approximate surface area is 95.1 Å². The van der Waals surface area contributed by atoms with Gasteiger partial charge in [-0.15, -0.1) is 0 Å². The first-order valence-electron chi connectivity index (χ1n) is 5.39. The molecule has 0 aromatic rings. The van der Waals surface area contributed by atoms with Crippen LogP contribution in [0.1, 0.15) is 40.0 Å². The molecule has 0 rings (SSSR count). The zero-order valence-electron chi connectivity index (χ0n) is 9.95. The van der Waals surface area contributed by atoms with Crippen LogP contribution in [0.15, 0.2) is 0 Å². The van der Waals surface area contributed by atoms with Crippen LogP contribution >= 0.6 is 0 Å². The molecule has 0 heterocycles. The quantitative estimate of drug-likeness (QED) is 0.510. The molecule has 0 aliphatic carbocycles. The van der Waals surface area contributed by atoms with E-state index in [1.54, 1.807) is 6.92 Å². The lowest BCUT2D eigenvalue weighted by Gasteiger charge is -2.12. The van der Waals surface area contributed by atoms with E-state index in [2.05, 4.69) is 4.74 Å². The van der Waals surface area contributed by atoms with Gasteiger partial charge in [-0.3, -0.25) is 14.4 Å². The highest BCUT2D eigenvalue weighted by Gasteiger charge is 2.24. The molecule has 1 unspecified atom stereocenters. The van der Waals surface area contributed by atoms with Crippen molar-refractivity contribution in [1.82, 2.24) is 0 Å². The molecule has 0 N–H and O–H groups in total. The van der Waals surface area contributed by atoms with E-state index in [-0.39, 0.29) is 13.0 Å². The summed E-state index contributed by atoms with van der Waals surface area (Å²) in [5.41, 5.74) is 0. The fourth-order valence-electron chi connectivity index (χ4n) is 1.30. The number of carbonyl (C=O) groups is 3. The second-order valence-electron chi connectivity index (χ2n) is 3.41. The molecule has 92 valence electrons. The standard InChI is InChI=1S/C11H18O5/c1-4-6-9(7-10(13)15-5-2)11(14)16-8(3)12/h9H,4-7H2,1-3H3. The molecule has 16 heavy (non-hydrogen) atoms. The summed E-state index contributed by atoms with van der Waals surface area (Å²) in [5, 5.41) is 0. The number of rotatable bonds is 6. The number of hydrogen-bond acceptors (Lipinski definition) is 5. The third kappa shape index (κ3) is 6.16. The zero-order valence-corrected chi connectivity index (χ0v) is 9.95. The maximum absolute atomic E-state index is 11.4. The monoisotopic (exact) mass is 230 g/mol. The first-order chi connectivity index (χ1) is 7.51. The SMILES string of the molecule is CCCC(CC(=O)OCC)C(=O)OC(C)=O. The van der Waals surface area contributed by atoms with Gasteiger partial charge in [0.15, 0.2) is 0 Å². The average molecular weight is 230 g/mol. The fourth-order valence-corrected chi connectivity index (χ4v) is 1.30. The van der Waals surface area contributed by atoms with Crippen LogP contribution in [0, 0.1) is 5.92 Å². The summed E-state index contributed by atoms with van der Waals surface area (Å²) < 4.78 is 9.20. The number of hydrogen-bond donors (Lipinski definition) is 0. The molecular formula is C11H18O5. The van der Waals surface area contributed by atoms with Crippen molar-refractivity contribution >= 4 is 17.9 Å². The molecule has 0 spiro atoms. The predicted molar refractivity (Wildman–Crippen MR) is 56.4 cm³/mol. The molecule has 5 nitrogen and oxygen atoms in total. The Bertz CT molecular complexity index is 259. The largest absolute Gasteiger partial charge is 0.466 e. The highest BCUT2D eigenvalue weighted by molar-refractivity contribution is 5.87. The molecule has 0 aliphatic heterocycles. The summed E-state index contributed by atoms with van der Waals surface area (Å²) in [5.74, 6) is -2.34. The third-order valence-corrected chi connectivity index (χ3v) is 1.93. The fraction of sp³-hybridized carbons (Fsp3) is 0.727. The van der Waals surface area contributed by atoms with Crippen LogP contribution in [0.5, 0.6) is 0 Å². The second kappa shape index (κ2) is 7.84. The number of esters is 3. The molecule has 0 aliphatic rings. The van der Waals surface area contributed by atoms with E-state index >= 15 is 0 Å². The Morgan fingerprint density at radius 1 is 1.19 bits per heavy atom. The van der Waals surface area contributed by atoms with Crippen LogP contribution in [0.25, 0.3) is 0 Å². The van der Waals surface area contributed by atoms with Gasteiger partial charge in [0.1, 0.15) is 0 Å². The van der Waals surface area contributed by atoms with Crippen LogP contribution in [-0.4, -0.2) is 24.5 Å². The summed E-state index contributed by atoms with van der Waals surface area (Å²) in [6.07, 6.45) is 1.20. The molecule has 0 aromatic carbocycles. The van der Waals surface area contributed by atoms with Gasteiger partial charge in [0.25, 0.3) is 0 Å². The molecule has 0 radical (unpaired) electrons. The van der Waals surface area contributed by atoms with Crippen LogP contribution < -0.4 is 0 Å². The van der Waals surface area contributed by atoms with Crippen molar-refractivity contribution in [2.45, 2.75) is 40.0 Å². The van der Waals surface area contributed by atoms with Crippen molar-refractivity contribution in [2.75, 3.05) is 6.61 Å². The van der Waals surface area contributed by atoms with Crippen molar-refractivity contribution < 1.29 is 23.9 Å². The molecule has 0 saturated heterocycles. The highest BCUT2D eigenvalue weighted by atomic mass is 16.6. The van der Waals surface area contributed by atoms with Gasteiger partial charge in [0.05, 0.1) is 18.9 Å². The summed E-state index contributed by atoms with van der Waals surface area (Å²) in [4.78, 5) is 33.3. The first-order valence-corrected chi connectivity index (χ1v) is 5.39. The molecule has 1 atom stereocenters. The van der Waals surface area contributed by atoms with E-state index in [4.69, 9.17) is 4.74 Å². The lowest BCUT2D eigenvalue weighted by molar-refractivity contribution is -0.164. The second-order valence-corrected chi connectivity index (χ2v) is 3.41. The Kier molecular flexibility index (Phi) is 7.16. The first kappa shape index (κ1) is 14.6. The van der Waals surface area contributed by atoms with Crippen molar-refractivity contribution in [2.24, 2.45) is 5.92 Å². The smallest absolute Gasteiger partial charge is 0.317 e. The summed E-state index contributed by atoms with van der Waals surface area (Å²) >= 11 is 0. The third-order valence-electron chi connectivity index (χ3n) is 1.93. The molecule has 5 heteroatoms. The molecule has 0 fully saturated rings. The van der Waals surface area contributed by atoms with Gasteiger partial charge in [0, 0.05) is 6.92 Å². The van der Waals surface area contributed by atoms with Crippen molar-refractivity contribution in [3.8, 4) is 0 Å². The van der Waals surface area contributed by atoms with Gasteiger partial charge in [-0.1, -0.05) is 13.3 Å². The Morgan fingerprint density at radius 2 is 1.81 bits per heavy atom. The van der Waals surface area contributed by atoms with Crippen LogP contribution in [0.2, 0.25) is 0 Å². The van der Waals surface area contributed by atoms with Crippen LogP contribution in [-0.2, 0) is 23.9 Å². The van der Waals surface area contributed by atoms with Gasteiger partial charge in [-0.05, 0) is 13.3 Å². The van der Waals surface area contributed by atoms with Gasteiger partial charge < -0.3 is 9.47 Å². The van der Waals surface area contributed by atoms with E-state index in [1.165, 1.54) is 0 Å². The minimum atomic E-state index is -0.657. The van der Waals surface area contributed by atoms with E-state index in [0.29, 0.717) is 6.42 Å². The Hall–Kier alpha value is -1.39. The number of ether oxygens (including phenoxy) is 2. The summed E-state index contributed by atoms with van der Waals surface area (Å²) in [7, 11) is 0. The van der Waals surface area contributed by atoms with Crippen molar-refractivity contribution in [3.63, 3.8) is 0 Å². The summed E-state index contributed by atoms with van der Waals surface area (Å²) in [6.45, 7) is 5.02. The Morgan fingerprint density at radius 3 is 2.25 bits per heavy atom. The molecule has 0 aromatic heterocycles. The zero-order chi connectivity index (χ0) is 12.6. The van der Waals surface area contributed by atoms with Crippen LogP contribution in [0.4, 0.5) is 0 Å². The van der Waals surface area contributed by atoms with E-state index in [9.17, 15) is 14.4 Å². The lowest BCUT2D eigenvalue weighted by Crippen LogP contribution is -2.23. The minimum Gasteiger partial charge on any atom is -0.466 e. The van der Waals surface area contributed by atoms with Gasteiger partial charge in [-0.2, -0.15) is 0 Å². The molecular weight excluding hydrogens is 212 g/mol. The normalized spacial score (nSPS) is 11.7. The molecule has 0 amide bonds. The lowest BCUT2D eigenvalue weighted by atomic mass is 10.0.